The third kappa shape index (κ3) is 3.22. The van der Waals surface area contributed by atoms with Gasteiger partial charge in [0, 0.05) is 18.7 Å². The van der Waals surface area contributed by atoms with Crippen LogP contribution >= 0.6 is 11.8 Å². The van der Waals surface area contributed by atoms with Crippen LogP contribution in [0.3, 0.4) is 0 Å². The molecular formula is C20H23N5O2S. The van der Waals surface area contributed by atoms with Gasteiger partial charge in [-0.1, -0.05) is 24.8 Å². The number of thioether (sulfide) groups is 1. The topological polar surface area (TPSA) is 81.8 Å². The zero-order valence-corrected chi connectivity index (χ0v) is 17.0. The van der Waals surface area contributed by atoms with E-state index in [0.717, 1.165) is 17.7 Å². The second kappa shape index (κ2) is 7.43. The summed E-state index contributed by atoms with van der Waals surface area (Å²) in [5, 5.41) is 8.42. The van der Waals surface area contributed by atoms with Gasteiger partial charge < -0.3 is 5.32 Å². The summed E-state index contributed by atoms with van der Waals surface area (Å²) in [6.45, 7) is 6.78. The van der Waals surface area contributed by atoms with Crippen LogP contribution in [0.2, 0.25) is 0 Å². The average molecular weight is 398 g/mol. The number of hydrogen-bond donors (Lipinski definition) is 1. The maximum Gasteiger partial charge on any atom is 0.265 e. The smallest absolute Gasteiger partial charge is 0.265 e. The highest BCUT2D eigenvalue weighted by Crippen LogP contribution is 2.33. The summed E-state index contributed by atoms with van der Waals surface area (Å²) in [6, 6.07) is 5.89. The predicted molar refractivity (Wildman–Crippen MR) is 110 cm³/mol. The number of aryl methyl sites for hydroxylation is 2. The highest BCUT2D eigenvalue weighted by atomic mass is 32.2. The minimum atomic E-state index is -0.175. The Kier molecular flexibility index (Phi) is 4.97. The molecule has 0 spiro atoms. The molecule has 2 aromatic heterocycles. The highest BCUT2D eigenvalue weighted by Gasteiger charge is 2.29. The fraction of sp³-hybridized carbons (Fsp3) is 0.400. The van der Waals surface area contributed by atoms with Crippen LogP contribution in [0, 0.1) is 13.8 Å². The van der Waals surface area contributed by atoms with Crippen molar-refractivity contribution in [2.75, 3.05) is 12.3 Å². The van der Waals surface area contributed by atoms with Gasteiger partial charge in [0.15, 0.2) is 10.8 Å². The molecule has 0 bridgehead atoms. The van der Waals surface area contributed by atoms with Crippen molar-refractivity contribution in [3.8, 4) is 5.69 Å². The summed E-state index contributed by atoms with van der Waals surface area (Å²) in [6.07, 6.45) is 2.75. The number of benzene rings is 1. The van der Waals surface area contributed by atoms with Crippen LogP contribution in [0.15, 0.2) is 34.3 Å². The molecule has 0 fully saturated rings. The first kappa shape index (κ1) is 18.7. The van der Waals surface area contributed by atoms with Gasteiger partial charge in [-0.15, -0.1) is 0 Å². The molecule has 3 heterocycles. The summed E-state index contributed by atoms with van der Waals surface area (Å²) in [4.78, 5) is 30.0. The maximum atomic E-state index is 13.1. The van der Waals surface area contributed by atoms with Crippen LogP contribution < -0.4 is 10.9 Å². The first-order chi connectivity index (χ1) is 13.5. The molecule has 1 aliphatic rings. The molecule has 1 aromatic carbocycles. The average Bonchev–Trinajstić information content (AvgIpc) is 3.27. The molecule has 0 saturated carbocycles. The monoisotopic (exact) mass is 397 g/mol. The fourth-order valence-electron chi connectivity index (χ4n) is 3.38. The van der Waals surface area contributed by atoms with Gasteiger partial charge in [-0.25, -0.2) is 9.67 Å². The molecule has 1 amide bonds. The third-order valence-electron chi connectivity index (χ3n) is 5.10. The Morgan fingerprint density at radius 1 is 1.32 bits per heavy atom. The maximum absolute atomic E-state index is 13.1. The quantitative estimate of drug-likeness (QED) is 0.670. The van der Waals surface area contributed by atoms with Crippen LogP contribution in [0.1, 0.15) is 36.9 Å². The number of carbonyl (C=O) groups is 1. The molecule has 4 rings (SSSR count). The molecule has 0 aliphatic carbocycles. The summed E-state index contributed by atoms with van der Waals surface area (Å²) < 4.78 is 3.37. The van der Waals surface area contributed by atoms with Gasteiger partial charge in [0.1, 0.15) is 5.39 Å². The molecule has 7 nitrogen and oxygen atoms in total. The largest absolute Gasteiger partial charge is 0.356 e. The Bertz CT molecular complexity index is 1120. The molecule has 0 radical (unpaired) electrons. The summed E-state index contributed by atoms with van der Waals surface area (Å²) in [5.41, 5.74) is 3.67. The minimum absolute atomic E-state index is 0.0295. The van der Waals surface area contributed by atoms with Crippen LogP contribution in [0.4, 0.5) is 0 Å². The second-order valence-electron chi connectivity index (χ2n) is 7.15. The Balaban J connectivity index is 1.73. The van der Waals surface area contributed by atoms with Crippen molar-refractivity contribution in [1.29, 1.82) is 0 Å². The van der Waals surface area contributed by atoms with Crippen molar-refractivity contribution in [1.82, 2.24) is 24.6 Å². The molecule has 146 valence electrons. The van der Waals surface area contributed by atoms with E-state index in [9.17, 15) is 9.59 Å². The first-order valence-electron chi connectivity index (χ1n) is 9.47. The molecule has 1 aliphatic heterocycles. The number of amides is 1. The fourth-order valence-corrected chi connectivity index (χ4v) is 4.51. The van der Waals surface area contributed by atoms with Crippen molar-refractivity contribution in [2.24, 2.45) is 0 Å². The van der Waals surface area contributed by atoms with Gasteiger partial charge >= 0.3 is 0 Å². The van der Waals surface area contributed by atoms with Crippen LogP contribution in [0.25, 0.3) is 16.7 Å². The van der Waals surface area contributed by atoms with E-state index in [-0.39, 0.29) is 17.5 Å². The lowest BCUT2D eigenvalue weighted by atomic mass is 10.1. The van der Waals surface area contributed by atoms with Crippen molar-refractivity contribution >= 4 is 28.7 Å². The van der Waals surface area contributed by atoms with E-state index in [0.29, 0.717) is 34.9 Å². The predicted octanol–water partition coefficient (Wildman–Crippen LogP) is 2.76. The molecule has 3 aromatic rings. The summed E-state index contributed by atoms with van der Waals surface area (Å²) in [5.74, 6) is 0.643. The molecule has 28 heavy (non-hydrogen) atoms. The number of fused-ring (bicyclic) bond motifs is 2. The number of rotatable bonds is 5. The van der Waals surface area contributed by atoms with Crippen molar-refractivity contribution in [3.63, 3.8) is 0 Å². The van der Waals surface area contributed by atoms with E-state index in [2.05, 4.69) is 24.3 Å². The number of carbonyl (C=O) groups excluding carboxylic acids is 1. The van der Waals surface area contributed by atoms with Crippen molar-refractivity contribution in [3.05, 3.63) is 45.9 Å². The number of nitrogens with one attached hydrogen (secondary N) is 1. The molecule has 1 unspecified atom stereocenters. The second-order valence-corrected chi connectivity index (χ2v) is 8.14. The zero-order chi connectivity index (χ0) is 19.8. The standard InChI is InChI=1S/C20H23N5O2S/c1-4-7-21-17(26)9-15-11-28-20-23-18-16(19(27)24(15)20)10-22-25(18)14-6-5-12(2)13(3)8-14/h5-6,8,10,15H,4,7,9,11H2,1-3H3,(H,21,26). The van der Waals surface area contributed by atoms with Crippen LogP contribution in [0.5, 0.6) is 0 Å². The van der Waals surface area contributed by atoms with Crippen LogP contribution in [-0.2, 0) is 4.79 Å². The van der Waals surface area contributed by atoms with E-state index < -0.39 is 0 Å². The van der Waals surface area contributed by atoms with E-state index in [1.54, 1.807) is 15.4 Å². The van der Waals surface area contributed by atoms with Gasteiger partial charge in [0.25, 0.3) is 5.56 Å². The minimum Gasteiger partial charge on any atom is -0.356 e. The third-order valence-corrected chi connectivity index (χ3v) is 6.20. The van der Waals surface area contributed by atoms with Gasteiger partial charge in [0.05, 0.1) is 17.9 Å². The summed E-state index contributed by atoms with van der Waals surface area (Å²) >= 11 is 1.51. The van der Waals surface area contributed by atoms with Crippen molar-refractivity contribution in [2.45, 2.75) is 44.8 Å². The van der Waals surface area contributed by atoms with E-state index in [4.69, 9.17) is 4.98 Å². The molecule has 1 N–H and O–H groups in total. The van der Waals surface area contributed by atoms with Gasteiger partial charge in [-0.3, -0.25) is 14.2 Å². The molecule has 0 saturated heterocycles. The lowest BCUT2D eigenvalue weighted by Crippen LogP contribution is -2.31. The van der Waals surface area contributed by atoms with Gasteiger partial charge in [0.2, 0.25) is 5.91 Å². The van der Waals surface area contributed by atoms with Gasteiger partial charge in [-0.05, 0) is 43.5 Å². The molecule has 1 atom stereocenters. The molecular weight excluding hydrogens is 374 g/mol. The molecule has 8 heteroatoms. The Morgan fingerprint density at radius 3 is 2.89 bits per heavy atom. The highest BCUT2D eigenvalue weighted by molar-refractivity contribution is 7.99. The normalized spacial score (nSPS) is 15.8. The van der Waals surface area contributed by atoms with Gasteiger partial charge in [-0.2, -0.15) is 5.10 Å². The Hall–Kier alpha value is -2.61. The Labute approximate surface area is 167 Å². The van der Waals surface area contributed by atoms with Crippen molar-refractivity contribution < 1.29 is 4.79 Å². The van der Waals surface area contributed by atoms with E-state index >= 15 is 0 Å². The number of nitrogens with zero attached hydrogens (tertiary/aromatic N) is 4. The Morgan fingerprint density at radius 2 is 2.14 bits per heavy atom. The zero-order valence-electron chi connectivity index (χ0n) is 16.2. The van der Waals surface area contributed by atoms with E-state index in [1.165, 1.54) is 17.3 Å². The van der Waals surface area contributed by atoms with E-state index in [1.807, 2.05) is 25.1 Å². The lowest BCUT2D eigenvalue weighted by Gasteiger charge is -2.13. The first-order valence-corrected chi connectivity index (χ1v) is 10.5. The number of aromatic nitrogens is 4. The summed E-state index contributed by atoms with van der Waals surface area (Å²) in [7, 11) is 0. The van der Waals surface area contributed by atoms with Crippen LogP contribution in [-0.4, -0.2) is 37.5 Å². The lowest BCUT2D eigenvalue weighted by molar-refractivity contribution is -0.121. The number of hydrogen-bond acceptors (Lipinski definition) is 5. The SMILES string of the molecule is CCCNC(=O)CC1CSc2nc3c(cnn3-c3ccc(C)c(C)c3)c(=O)n21.